The summed E-state index contributed by atoms with van der Waals surface area (Å²) in [6, 6.07) is 2.02. The molecule has 2 nitrogen and oxygen atoms in total. The normalized spacial score (nSPS) is 15.8. The van der Waals surface area contributed by atoms with E-state index in [2.05, 4.69) is 6.92 Å². The molecule has 0 aromatic heterocycles. The molecule has 0 aliphatic carbocycles. The monoisotopic (exact) mass is 141 g/mol. The largest absolute Gasteiger partial charge is 0.392 e. The lowest BCUT2D eigenvalue weighted by atomic mass is 10.0. The van der Waals surface area contributed by atoms with Crippen molar-refractivity contribution in [2.24, 2.45) is 5.92 Å². The number of nitriles is 1. The Morgan fingerprint density at radius 2 is 2.20 bits per heavy atom. The van der Waals surface area contributed by atoms with E-state index in [9.17, 15) is 5.11 Å². The highest BCUT2D eigenvalue weighted by Crippen LogP contribution is 2.08. The number of aliphatic hydroxyl groups excluding tert-OH is 1. The molecule has 0 spiro atoms. The van der Waals surface area contributed by atoms with Crippen molar-refractivity contribution in [3.63, 3.8) is 0 Å². The predicted octanol–water partition coefficient (Wildman–Crippen LogP) is 1.70. The smallest absolute Gasteiger partial charge is 0.0695 e. The van der Waals surface area contributed by atoms with Crippen molar-refractivity contribution >= 4 is 0 Å². The highest BCUT2D eigenvalue weighted by molar-refractivity contribution is 4.84. The van der Waals surface area contributed by atoms with Crippen molar-refractivity contribution in [2.45, 2.75) is 39.2 Å². The van der Waals surface area contributed by atoms with Crippen molar-refractivity contribution in [1.29, 1.82) is 5.26 Å². The molecule has 0 aliphatic rings. The van der Waals surface area contributed by atoms with E-state index in [0.29, 0.717) is 0 Å². The number of hydrogen-bond acceptors (Lipinski definition) is 2. The van der Waals surface area contributed by atoms with E-state index in [1.54, 1.807) is 6.92 Å². The molecule has 0 rings (SSSR count). The standard InChI is InChI=1S/C8H15NO/c1-3-4-5-8(10)7(2)6-9/h7-8,10H,3-5H2,1-2H3. The van der Waals surface area contributed by atoms with Crippen LogP contribution in [0.2, 0.25) is 0 Å². The number of unbranched alkanes of at least 4 members (excludes halogenated alkanes) is 1. The molecule has 2 unspecified atom stereocenters. The number of nitrogens with zero attached hydrogens (tertiary/aromatic N) is 1. The van der Waals surface area contributed by atoms with E-state index in [4.69, 9.17) is 5.26 Å². The van der Waals surface area contributed by atoms with E-state index in [1.807, 2.05) is 6.07 Å². The fourth-order valence-electron chi connectivity index (χ4n) is 0.749. The van der Waals surface area contributed by atoms with Gasteiger partial charge in [-0.25, -0.2) is 0 Å². The first-order valence-electron chi connectivity index (χ1n) is 3.80. The summed E-state index contributed by atoms with van der Waals surface area (Å²) in [6.07, 6.45) is 2.41. The van der Waals surface area contributed by atoms with Crippen LogP contribution in [0.4, 0.5) is 0 Å². The summed E-state index contributed by atoms with van der Waals surface area (Å²) in [5.41, 5.74) is 0. The van der Waals surface area contributed by atoms with Gasteiger partial charge >= 0.3 is 0 Å². The first-order valence-corrected chi connectivity index (χ1v) is 3.80. The summed E-state index contributed by atoms with van der Waals surface area (Å²) >= 11 is 0. The van der Waals surface area contributed by atoms with Crippen LogP contribution in [-0.4, -0.2) is 11.2 Å². The number of rotatable bonds is 4. The Bertz CT molecular complexity index is 117. The molecule has 2 heteroatoms. The van der Waals surface area contributed by atoms with Crippen LogP contribution in [0.25, 0.3) is 0 Å². The predicted molar refractivity (Wildman–Crippen MR) is 40.3 cm³/mol. The second-order valence-electron chi connectivity index (χ2n) is 2.63. The summed E-state index contributed by atoms with van der Waals surface area (Å²) in [5.74, 6) is -0.216. The molecule has 0 heterocycles. The SMILES string of the molecule is CCCCC(O)C(C)C#N. The first kappa shape index (κ1) is 9.45. The zero-order chi connectivity index (χ0) is 7.98. The van der Waals surface area contributed by atoms with Crippen molar-refractivity contribution in [1.82, 2.24) is 0 Å². The second kappa shape index (κ2) is 5.25. The van der Waals surface area contributed by atoms with Gasteiger partial charge in [0, 0.05) is 0 Å². The highest BCUT2D eigenvalue weighted by atomic mass is 16.3. The lowest BCUT2D eigenvalue weighted by Gasteiger charge is -2.10. The molecule has 1 N–H and O–H groups in total. The zero-order valence-corrected chi connectivity index (χ0v) is 6.67. The maximum absolute atomic E-state index is 9.23. The van der Waals surface area contributed by atoms with Gasteiger partial charge in [0.1, 0.15) is 0 Å². The van der Waals surface area contributed by atoms with Crippen molar-refractivity contribution in [2.75, 3.05) is 0 Å². The Kier molecular flexibility index (Phi) is 4.96. The second-order valence-corrected chi connectivity index (χ2v) is 2.63. The quantitative estimate of drug-likeness (QED) is 0.647. The van der Waals surface area contributed by atoms with Gasteiger partial charge in [-0.15, -0.1) is 0 Å². The van der Waals surface area contributed by atoms with Crippen LogP contribution in [-0.2, 0) is 0 Å². The molecule has 0 aromatic carbocycles. The Morgan fingerprint density at radius 3 is 2.60 bits per heavy atom. The average Bonchev–Trinajstić information content (AvgIpc) is 1.98. The summed E-state index contributed by atoms with van der Waals surface area (Å²) in [6.45, 7) is 3.82. The fraction of sp³-hybridized carbons (Fsp3) is 0.875. The van der Waals surface area contributed by atoms with Crippen LogP contribution in [0.5, 0.6) is 0 Å². The molecular formula is C8H15NO. The molecule has 10 heavy (non-hydrogen) atoms. The third-order valence-corrected chi connectivity index (χ3v) is 1.63. The van der Waals surface area contributed by atoms with Gasteiger partial charge < -0.3 is 5.11 Å². The van der Waals surface area contributed by atoms with Gasteiger partial charge in [-0.2, -0.15) is 5.26 Å². The van der Waals surface area contributed by atoms with Crippen molar-refractivity contribution in [3.8, 4) is 6.07 Å². The molecular weight excluding hydrogens is 126 g/mol. The Balaban J connectivity index is 3.43. The zero-order valence-electron chi connectivity index (χ0n) is 6.67. The van der Waals surface area contributed by atoms with Crippen LogP contribution in [0.3, 0.4) is 0 Å². The maximum Gasteiger partial charge on any atom is 0.0695 e. The van der Waals surface area contributed by atoms with Crippen LogP contribution in [0.15, 0.2) is 0 Å². The topological polar surface area (TPSA) is 44.0 Å². The van der Waals surface area contributed by atoms with Crippen LogP contribution < -0.4 is 0 Å². The summed E-state index contributed by atoms with van der Waals surface area (Å²) in [7, 11) is 0. The van der Waals surface area contributed by atoms with Gasteiger partial charge in [-0.1, -0.05) is 19.8 Å². The third-order valence-electron chi connectivity index (χ3n) is 1.63. The maximum atomic E-state index is 9.23. The molecule has 0 radical (unpaired) electrons. The molecule has 0 aliphatic heterocycles. The Hall–Kier alpha value is -0.550. The van der Waals surface area contributed by atoms with Gasteiger partial charge in [0.25, 0.3) is 0 Å². The lowest BCUT2D eigenvalue weighted by Crippen LogP contribution is -2.15. The van der Waals surface area contributed by atoms with Gasteiger partial charge in [-0.3, -0.25) is 0 Å². The third kappa shape index (κ3) is 3.47. The minimum Gasteiger partial charge on any atom is -0.392 e. The lowest BCUT2D eigenvalue weighted by molar-refractivity contribution is 0.128. The summed E-state index contributed by atoms with van der Waals surface area (Å²) in [5, 5.41) is 17.6. The number of hydrogen-bond donors (Lipinski definition) is 1. The molecule has 0 aromatic rings. The summed E-state index contributed by atoms with van der Waals surface area (Å²) < 4.78 is 0. The molecule has 0 saturated heterocycles. The average molecular weight is 141 g/mol. The van der Waals surface area contributed by atoms with E-state index in [-0.39, 0.29) is 5.92 Å². The molecule has 0 saturated carbocycles. The van der Waals surface area contributed by atoms with E-state index in [1.165, 1.54) is 0 Å². The van der Waals surface area contributed by atoms with Gasteiger partial charge in [0.15, 0.2) is 0 Å². The molecule has 0 fully saturated rings. The van der Waals surface area contributed by atoms with Crippen LogP contribution in [0, 0.1) is 17.2 Å². The van der Waals surface area contributed by atoms with Gasteiger partial charge in [0.2, 0.25) is 0 Å². The van der Waals surface area contributed by atoms with Crippen molar-refractivity contribution in [3.05, 3.63) is 0 Å². The fourth-order valence-corrected chi connectivity index (χ4v) is 0.749. The first-order chi connectivity index (χ1) is 4.72. The Labute approximate surface area is 62.5 Å². The van der Waals surface area contributed by atoms with Gasteiger partial charge in [-0.05, 0) is 13.3 Å². The molecule has 0 amide bonds. The van der Waals surface area contributed by atoms with Crippen LogP contribution >= 0.6 is 0 Å². The van der Waals surface area contributed by atoms with Crippen LogP contribution in [0.1, 0.15) is 33.1 Å². The molecule has 2 atom stereocenters. The van der Waals surface area contributed by atoms with E-state index >= 15 is 0 Å². The van der Waals surface area contributed by atoms with E-state index < -0.39 is 6.10 Å². The van der Waals surface area contributed by atoms with E-state index in [0.717, 1.165) is 19.3 Å². The highest BCUT2D eigenvalue weighted by Gasteiger charge is 2.11. The number of aliphatic hydroxyl groups is 1. The Morgan fingerprint density at radius 1 is 1.60 bits per heavy atom. The minimum absolute atomic E-state index is 0.216. The molecule has 58 valence electrons. The summed E-state index contributed by atoms with van der Waals surface area (Å²) in [4.78, 5) is 0. The minimum atomic E-state index is -0.426. The van der Waals surface area contributed by atoms with Crippen molar-refractivity contribution < 1.29 is 5.11 Å². The molecule has 0 bridgehead atoms. The van der Waals surface area contributed by atoms with Gasteiger partial charge in [0.05, 0.1) is 18.1 Å².